The second-order valence-electron chi connectivity index (χ2n) is 13.3. The standard InChI is InChI=1S/C20H20N6O3S.C20H13N5O4S/c1-13(2)26-12-17(11-24-26)30(28,29)16-4-3-15(22-10-16)9-23-20(27)19-7-14-8-21-6-5-18(14)25-19;21-7-13-5-17(10-23-8-13)30(27,28)16-2-1-15(24-11-16)9-25-20(26)18-6-14-3-4-22-12-19(14)29-18/h3-8,10-13,25H,9H2,1-2H3,(H,23,27);1-6,8,10-12H,9H2,(H,25,26). The number of nitriles is 1. The van der Waals surface area contributed by atoms with Gasteiger partial charge in [0.05, 0.1) is 57.1 Å². The summed E-state index contributed by atoms with van der Waals surface area (Å²) in [5.74, 6) is -0.572. The number of hydrogen-bond donors (Lipinski definition) is 3. The van der Waals surface area contributed by atoms with Crippen LogP contribution in [0.2, 0.25) is 0 Å². The summed E-state index contributed by atoms with van der Waals surface area (Å²) in [5, 5.41) is 20.0. The third-order valence-electron chi connectivity index (χ3n) is 8.86. The lowest BCUT2D eigenvalue weighted by Gasteiger charge is -2.06. The molecular weight excluding hydrogens is 811 g/mol. The molecule has 0 spiro atoms. The Balaban J connectivity index is 0.000000181. The SMILES string of the molecule is CC(C)n1cc(S(=O)(=O)c2ccc(CNC(=O)c3cc4cnccc4[nH]3)nc2)cn1.N#Cc1cncc(S(=O)(=O)c2ccc(CNC(=O)c3cc4ccncc4o3)nc2)c1. The van der Waals surface area contributed by atoms with Gasteiger partial charge in [0.15, 0.2) is 11.3 Å². The van der Waals surface area contributed by atoms with E-state index in [1.807, 2.05) is 19.9 Å². The lowest BCUT2D eigenvalue weighted by atomic mass is 10.3. The summed E-state index contributed by atoms with van der Waals surface area (Å²) in [6.07, 6.45) is 14.2. The van der Waals surface area contributed by atoms with Crippen LogP contribution in [0.3, 0.4) is 0 Å². The summed E-state index contributed by atoms with van der Waals surface area (Å²) in [6.45, 7) is 4.08. The number of amides is 2. The molecule has 20 heteroatoms. The number of fused-ring (bicyclic) bond motifs is 2. The first-order valence-electron chi connectivity index (χ1n) is 17.9. The molecule has 0 unspecified atom stereocenters. The van der Waals surface area contributed by atoms with Gasteiger partial charge in [-0.25, -0.2) is 16.8 Å². The van der Waals surface area contributed by atoms with Crippen LogP contribution in [-0.2, 0) is 32.8 Å². The third kappa shape index (κ3) is 8.91. The van der Waals surface area contributed by atoms with E-state index in [1.54, 1.807) is 53.6 Å². The van der Waals surface area contributed by atoms with Crippen LogP contribution < -0.4 is 10.6 Å². The maximum Gasteiger partial charge on any atom is 0.287 e. The molecule has 0 atom stereocenters. The first-order chi connectivity index (χ1) is 28.8. The van der Waals surface area contributed by atoms with Crippen molar-refractivity contribution in [2.45, 2.75) is 52.6 Å². The zero-order chi connectivity index (χ0) is 42.4. The van der Waals surface area contributed by atoms with Gasteiger partial charge in [0.25, 0.3) is 11.8 Å². The predicted molar refractivity (Wildman–Crippen MR) is 213 cm³/mol. The van der Waals surface area contributed by atoms with E-state index in [4.69, 9.17) is 9.68 Å². The highest BCUT2D eigenvalue weighted by Crippen LogP contribution is 2.23. The molecule has 8 rings (SSSR count). The minimum Gasteiger partial charge on any atom is -0.449 e. The molecule has 0 aliphatic heterocycles. The van der Waals surface area contributed by atoms with E-state index < -0.39 is 25.6 Å². The Hall–Kier alpha value is -7.63. The number of nitrogens with one attached hydrogen (secondary N) is 3. The molecule has 0 aliphatic rings. The van der Waals surface area contributed by atoms with Crippen LogP contribution in [0.5, 0.6) is 0 Å². The average molecular weight is 844 g/mol. The number of pyridine rings is 5. The number of carbonyl (C=O) groups is 2. The summed E-state index contributed by atoms with van der Waals surface area (Å²) >= 11 is 0. The van der Waals surface area contributed by atoms with Gasteiger partial charge in [0.2, 0.25) is 19.7 Å². The van der Waals surface area contributed by atoms with Crippen LogP contribution in [0, 0.1) is 11.3 Å². The van der Waals surface area contributed by atoms with E-state index in [2.05, 4.69) is 45.6 Å². The van der Waals surface area contributed by atoms with Crippen LogP contribution in [0.1, 0.15) is 57.9 Å². The summed E-state index contributed by atoms with van der Waals surface area (Å²) in [7, 11) is -7.56. The Morgan fingerprint density at radius 1 is 0.733 bits per heavy atom. The van der Waals surface area contributed by atoms with E-state index in [-0.39, 0.29) is 55.9 Å². The van der Waals surface area contributed by atoms with Crippen LogP contribution in [0.25, 0.3) is 21.9 Å². The number of rotatable bonds is 11. The molecule has 18 nitrogen and oxygen atoms in total. The lowest BCUT2D eigenvalue weighted by Crippen LogP contribution is -2.23. The van der Waals surface area contributed by atoms with Gasteiger partial charge in [-0.1, -0.05) is 0 Å². The van der Waals surface area contributed by atoms with Crippen LogP contribution in [-0.4, -0.2) is 68.3 Å². The van der Waals surface area contributed by atoms with E-state index in [1.165, 1.54) is 67.6 Å². The molecule has 0 aromatic carbocycles. The van der Waals surface area contributed by atoms with E-state index >= 15 is 0 Å². The molecular formula is C40H33N11O7S2. The van der Waals surface area contributed by atoms with Crippen molar-refractivity contribution >= 4 is 53.4 Å². The molecule has 8 aromatic heterocycles. The van der Waals surface area contributed by atoms with Gasteiger partial charge in [-0.2, -0.15) is 10.4 Å². The smallest absolute Gasteiger partial charge is 0.287 e. The Kier molecular flexibility index (Phi) is 11.5. The van der Waals surface area contributed by atoms with Crippen molar-refractivity contribution in [3.8, 4) is 6.07 Å². The number of H-pyrrole nitrogens is 1. The van der Waals surface area contributed by atoms with Crippen LogP contribution in [0.4, 0.5) is 0 Å². The molecule has 8 aromatic rings. The Bertz CT molecular complexity index is 3050. The summed E-state index contributed by atoms with van der Waals surface area (Å²) in [5.41, 5.74) is 2.89. The molecule has 0 bridgehead atoms. The van der Waals surface area contributed by atoms with Crippen LogP contribution >= 0.6 is 0 Å². The van der Waals surface area contributed by atoms with Gasteiger partial charge in [0.1, 0.15) is 16.7 Å². The Morgan fingerprint density at radius 2 is 1.40 bits per heavy atom. The first-order valence-corrected chi connectivity index (χ1v) is 20.9. The van der Waals surface area contributed by atoms with Gasteiger partial charge in [-0.05, 0) is 68.4 Å². The molecule has 0 saturated heterocycles. The summed E-state index contributed by atoms with van der Waals surface area (Å²) in [4.78, 5) is 47.7. The second-order valence-corrected chi connectivity index (χ2v) is 17.2. The van der Waals surface area contributed by atoms with Gasteiger partial charge < -0.3 is 20.0 Å². The van der Waals surface area contributed by atoms with Gasteiger partial charge in [0, 0.05) is 71.9 Å². The largest absolute Gasteiger partial charge is 0.449 e. The van der Waals surface area contributed by atoms with Crippen molar-refractivity contribution in [2.75, 3.05) is 0 Å². The molecule has 0 aliphatic carbocycles. The van der Waals surface area contributed by atoms with Crippen molar-refractivity contribution in [3.63, 3.8) is 0 Å². The van der Waals surface area contributed by atoms with Crippen molar-refractivity contribution in [3.05, 3.63) is 145 Å². The maximum absolute atomic E-state index is 12.7. The fourth-order valence-corrected chi connectivity index (χ4v) is 7.94. The lowest BCUT2D eigenvalue weighted by molar-refractivity contribution is 0.0922. The van der Waals surface area contributed by atoms with Gasteiger partial charge >= 0.3 is 0 Å². The molecule has 0 saturated carbocycles. The van der Waals surface area contributed by atoms with Crippen molar-refractivity contribution in [2.24, 2.45) is 0 Å². The molecule has 0 radical (unpaired) electrons. The highest BCUT2D eigenvalue weighted by Gasteiger charge is 2.22. The molecule has 60 heavy (non-hydrogen) atoms. The molecule has 302 valence electrons. The summed E-state index contributed by atoms with van der Waals surface area (Å²) < 4.78 is 57.9. The van der Waals surface area contributed by atoms with E-state index in [0.717, 1.165) is 16.3 Å². The molecule has 0 fully saturated rings. The maximum atomic E-state index is 12.7. The van der Waals surface area contributed by atoms with Crippen molar-refractivity contribution < 1.29 is 30.8 Å². The molecule has 2 amide bonds. The number of aromatic amines is 1. The minimum atomic E-state index is -3.86. The summed E-state index contributed by atoms with van der Waals surface area (Å²) in [6, 6.07) is 16.0. The van der Waals surface area contributed by atoms with Crippen LogP contribution in [0.15, 0.2) is 141 Å². The fourth-order valence-electron chi connectivity index (χ4n) is 5.60. The zero-order valence-electron chi connectivity index (χ0n) is 31.7. The first kappa shape index (κ1) is 40.6. The molecule has 3 N–H and O–H groups in total. The average Bonchev–Trinajstić information content (AvgIpc) is 4.05. The number of aromatic nitrogens is 8. The van der Waals surface area contributed by atoms with Gasteiger partial charge in [-0.3, -0.25) is 39.2 Å². The number of carbonyl (C=O) groups excluding carboxylic acids is 2. The van der Waals surface area contributed by atoms with Crippen molar-refractivity contribution in [1.29, 1.82) is 5.26 Å². The van der Waals surface area contributed by atoms with Gasteiger partial charge in [-0.15, -0.1) is 0 Å². The monoisotopic (exact) mass is 843 g/mol. The number of sulfone groups is 2. The quantitative estimate of drug-likeness (QED) is 0.159. The Morgan fingerprint density at radius 3 is 2.02 bits per heavy atom. The topological polar surface area (TPSA) is 261 Å². The highest BCUT2D eigenvalue weighted by molar-refractivity contribution is 7.91. The molecule has 8 heterocycles. The van der Waals surface area contributed by atoms with Crippen molar-refractivity contribution in [1.82, 2.24) is 50.3 Å². The number of hydrogen-bond acceptors (Lipinski definition) is 14. The zero-order valence-corrected chi connectivity index (χ0v) is 33.3. The number of furan rings is 1. The Labute approximate surface area is 342 Å². The number of nitrogens with zero attached hydrogens (tertiary/aromatic N) is 8. The van der Waals surface area contributed by atoms with E-state index in [0.29, 0.717) is 22.7 Å². The highest BCUT2D eigenvalue weighted by atomic mass is 32.2. The fraction of sp³-hybridized carbons (Fsp3) is 0.125. The normalized spacial score (nSPS) is 11.5. The minimum absolute atomic E-state index is 0.0424. The third-order valence-corrected chi connectivity index (χ3v) is 12.3. The van der Waals surface area contributed by atoms with E-state index in [9.17, 15) is 26.4 Å². The second kappa shape index (κ2) is 17.1. The predicted octanol–water partition coefficient (Wildman–Crippen LogP) is 4.75.